The summed E-state index contributed by atoms with van der Waals surface area (Å²) >= 11 is 12.4. The Balaban J connectivity index is 2.35. The molecule has 0 radical (unpaired) electrons. The second kappa shape index (κ2) is 7.15. The Morgan fingerprint density at radius 3 is 2.43 bits per heavy atom. The minimum Gasteiger partial charge on any atom is -0.271 e. The fraction of sp³-hybridized carbons (Fsp3) is 0.143. The molecule has 0 saturated carbocycles. The lowest BCUT2D eigenvalue weighted by atomic mass is 9.98. The summed E-state index contributed by atoms with van der Waals surface area (Å²) in [6.07, 6.45) is 0.0611. The molecule has 0 aliphatic rings. The smallest absolute Gasteiger partial charge is 0.143 e. The summed E-state index contributed by atoms with van der Waals surface area (Å²) in [6.45, 7) is 0. The molecule has 2 rings (SSSR count). The van der Waals surface area contributed by atoms with Gasteiger partial charge in [0.1, 0.15) is 11.6 Å². The van der Waals surface area contributed by atoms with Gasteiger partial charge in [-0.2, -0.15) is 0 Å². The van der Waals surface area contributed by atoms with Gasteiger partial charge in [-0.15, -0.1) is 0 Å². The van der Waals surface area contributed by atoms with E-state index in [9.17, 15) is 8.78 Å². The highest BCUT2D eigenvalue weighted by atomic mass is 79.9. The van der Waals surface area contributed by atoms with Crippen LogP contribution < -0.4 is 11.3 Å². The lowest BCUT2D eigenvalue weighted by Crippen LogP contribution is -2.30. The molecule has 3 N–H and O–H groups in total. The summed E-state index contributed by atoms with van der Waals surface area (Å²) < 4.78 is 28.8. The number of nitrogens with two attached hydrogens (primary N) is 1. The van der Waals surface area contributed by atoms with Crippen molar-refractivity contribution < 1.29 is 8.78 Å². The van der Waals surface area contributed by atoms with E-state index in [2.05, 4.69) is 37.3 Å². The Labute approximate surface area is 142 Å². The maximum absolute atomic E-state index is 14.0. The van der Waals surface area contributed by atoms with Crippen molar-refractivity contribution in [1.82, 2.24) is 5.43 Å². The van der Waals surface area contributed by atoms with E-state index in [0.29, 0.717) is 5.02 Å². The van der Waals surface area contributed by atoms with Crippen LogP contribution in [0.2, 0.25) is 5.02 Å². The average Bonchev–Trinajstić information content (AvgIpc) is 2.47. The fourth-order valence-corrected chi connectivity index (χ4v) is 2.77. The summed E-state index contributed by atoms with van der Waals surface area (Å²) in [7, 11) is 0. The van der Waals surface area contributed by atoms with Gasteiger partial charge in [-0.1, -0.05) is 17.7 Å². The third-order valence-electron chi connectivity index (χ3n) is 3.09. The molecule has 0 fully saturated rings. The molecule has 0 aliphatic heterocycles. The van der Waals surface area contributed by atoms with Gasteiger partial charge < -0.3 is 0 Å². The summed E-state index contributed by atoms with van der Waals surface area (Å²) in [6, 6.07) is 7.32. The van der Waals surface area contributed by atoms with E-state index >= 15 is 0 Å². The summed E-state index contributed by atoms with van der Waals surface area (Å²) in [5.41, 5.74) is 3.27. The zero-order valence-corrected chi connectivity index (χ0v) is 14.6. The van der Waals surface area contributed by atoms with E-state index in [1.54, 1.807) is 18.2 Å². The highest BCUT2D eigenvalue weighted by molar-refractivity contribution is 9.10. The first-order chi connectivity index (χ1) is 9.93. The third kappa shape index (κ3) is 3.81. The largest absolute Gasteiger partial charge is 0.271 e. The first-order valence-electron chi connectivity index (χ1n) is 5.97. The fourth-order valence-electron chi connectivity index (χ4n) is 1.96. The maximum atomic E-state index is 14.0. The number of hydrogen-bond acceptors (Lipinski definition) is 2. The van der Waals surface area contributed by atoms with Crippen LogP contribution in [0.3, 0.4) is 0 Å². The highest BCUT2D eigenvalue weighted by Crippen LogP contribution is 2.29. The minimum atomic E-state index is -0.626. The molecule has 112 valence electrons. The molecule has 0 amide bonds. The van der Waals surface area contributed by atoms with Crippen molar-refractivity contribution in [3.63, 3.8) is 0 Å². The van der Waals surface area contributed by atoms with Gasteiger partial charge in [-0.3, -0.25) is 11.3 Å². The van der Waals surface area contributed by atoms with Crippen molar-refractivity contribution >= 4 is 43.5 Å². The van der Waals surface area contributed by atoms with Gasteiger partial charge in [-0.05, 0) is 68.1 Å². The molecule has 0 aromatic heterocycles. The summed E-state index contributed by atoms with van der Waals surface area (Å²) in [5.74, 6) is 4.28. The van der Waals surface area contributed by atoms with Crippen LogP contribution in [-0.2, 0) is 6.42 Å². The second-order valence-electron chi connectivity index (χ2n) is 4.42. The van der Waals surface area contributed by atoms with Crippen LogP contribution in [0.25, 0.3) is 0 Å². The molecular weight excluding hydrogens is 429 g/mol. The molecule has 2 aromatic carbocycles. The number of hydrogen-bond donors (Lipinski definition) is 2. The molecule has 1 atom stereocenters. The Kier molecular flexibility index (Phi) is 5.73. The van der Waals surface area contributed by atoms with Crippen LogP contribution in [0.1, 0.15) is 17.2 Å². The van der Waals surface area contributed by atoms with Crippen LogP contribution in [0.15, 0.2) is 39.3 Å². The van der Waals surface area contributed by atoms with Crippen molar-refractivity contribution in [2.24, 2.45) is 5.84 Å². The molecule has 7 heteroatoms. The van der Waals surface area contributed by atoms with E-state index in [-0.39, 0.29) is 16.5 Å². The topological polar surface area (TPSA) is 38.0 Å². The zero-order valence-electron chi connectivity index (χ0n) is 10.6. The highest BCUT2D eigenvalue weighted by Gasteiger charge is 2.19. The molecule has 2 nitrogen and oxygen atoms in total. The van der Waals surface area contributed by atoms with E-state index in [0.717, 1.165) is 10.0 Å². The van der Waals surface area contributed by atoms with E-state index < -0.39 is 17.7 Å². The second-order valence-corrected chi connectivity index (χ2v) is 6.53. The van der Waals surface area contributed by atoms with E-state index in [1.807, 2.05) is 0 Å². The lowest BCUT2D eigenvalue weighted by molar-refractivity contribution is 0.498. The Hall–Kier alpha value is -0.530. The maximum Gasteiger partial charge on any atom is 0.143 e. The van der Waals surface area contributed by atoms with Crippen molar-refractivity contribution in [2.45, 2.75) is 12.5 Å². The Morgan fingerprint density at radius 2 is 1.81 bits per heavy atom. The van der Waals surface area contributed by atoms with Gasteiger partial charge in [-0.25, -0.2) is 8.78 Å². The molecule has 21 heavy (non-hydrogen) atoms. The van der Waals surface area contributed by atoms with Gasteiger partial charge in [0.2, 0.25) is 0 Å². The average molecular weight is 441 g/mol. The molecule has 1 unspecified atom stereocenters. The predicted octanol–water partition coefficient (Wildman–Crippen LogP) is 4.89. The first-order valence-corrected chi connectivity index (χ1v) is 7.94. The van der Waals surface area contributed by atoms with Crippen LogP contribution >= 0.6 is 43.5 Å². The third-order valence-corrected chi connectivity index (χ3v) is 4.94. The monoisotopic (exact) mass is 438 g/mol. The number of benzene rings is 2. The van der Waals surface area contributed by atoms with E-state index in [4.69, 9.17) is 17.4 Å². The number of rotatable bonds is 4. The van der Waals surface area contributed by atoms with Crippen molar-refractivity contribution in [1.29, 1.82) is 0 Å². The molecule has 0 spiro atoms. The minimum absolute atomic E-state index is 0.0358. The van der Waals surface area contributed by atoms with Crippen LogP contribution in [-0.4, -0.2) is 0 Å². The lowest BCUT2D eigenvalue weighted by Gasteiger charge is -2.18. The van der Waals surface area contributed by atoms with E-state index in [1.165, 1.54) is 12.1 Å². The van der Waals surface area contributed by atoms with Gasteiger partial charge in [0.25, 0.3) is 0 Å². The molecule has 0 heterocycles. The van der Waals surface area contributed by atoms with Gasteiger partial charge in [0.15, 0.2) is 0 Å². The van der Waals surface area contributed by atoms with Crippen molar-refractivity contribution in [3.05, 3.63) is 67.1 Å². The number of nitrogens with one attached hydrogen (secondary N) is 1. The van der Waals surface area contributed by atoms with Gasteiger partial charge in [0.05, 0.1) is 15.5 Å². The van der Waals surface area contributed by atoms with Crippen molar-refractivity contribution in [2.75, 3.05) is 0 Å². The zero-order chi connectivity index (χ0) is 15.6. The predicted molar refractivity (Wildman–Crippen MR) is 87.0 cm³/mol. The normalized spacial score (nSPS) is 12.5. The van der Waals surface area contributed by atoms with Gasteiger partial charge in [0, 0.05) is 10.0 Å². The quantitative estimate of drug-likeness (QED) is 0.404. The number of hydrazine groups is 1. The Morgan fingerprint density at radius 1 is 1.14 bits per heavy atom. The standard InChI is InChI=1S/C14H11Br2ClF2N2/c15-9-2-1-7(5-11(9)17)13(21-20)6-8-12(18)4-3-10(16)14(8)19/h1-5,13,21H,6,20H2. The summed E-state index contributed by atoms with van der Waals surface area (Å²) in [5, 5.41) is 0.503. The first kappa shape index (κ1) is 16.8. The molecule has 0 aliphatic carbocycles. The molecule has 2 aromatic rings. The Bertz CT molecular complexity index is 668. The SMILES string of the molecule is NNC(Cc1c(F)ccc(Br)c1F)c1ccc(Br)c(Cl)c1. The van der Waals surface area contributed by atoms with Crippen LogP contribution in [0, 0.1) is 11.6 Å². The van der Waals surface area contributed by atoms with Crippen molar-refractivity contribution in [3.8, 4) is 0 Å². The number of halogens is 5. The molecule has 0 bridgehead atoms. The van der Waals surface area contributed by atoms with Crippen LogP contribution in [0.4, 0.5) is 8.78 Å². The molecular formula is C14H11Br2ClF2N2. The molecule has 0 saturated heterocycles. The summed E-state index contributed by atoms with van der Waals surface area (Å²) in [4.78, 5) is 0. The van der Waals surface area contributed by atoms with Gasteiger partial charge >= 0.3 is 0 Å². The van der Waals surface area contributed by atoms with Crippen LogP contribution in [0.5, 0.6) is 0 Å².